The van der Waals surface area contributed by atoms with Gasteiger partial charge in [0.15, 0.2) is 5.65 Å². The molecule has 0 aliphatic carbocycles. The molecule has 122 valence electrons. The van der Waals surface area contributed by atoms with E-state index in [1.54, 1.807) is 0 Å². The third-order valence-corrected chi connectivity index (χ3v) is 4.19. The SMILES string of the molecule is Cn1cc(-c2cnc3[nH]cc(CC(C)(C)C)c3n2)c2cccnc21. The van der Waals surface area contributed by atoms with Gasteiger partial charge in [0.05, 0.1) is 11.9 Å². The number of fused-ring (bicyclic) bond motifs is 2. The molecule has 4 aromatic heterocycles. The first-order chi connectivity index (χ1) is 11.4. The van der Waals surface area contributed by atoms with Gasteiger partial charge in [0.2, 0.25) is 0 Å². The molecule has 5 nitrogen and oxygen atoms in total. The molecule has 24 heavy (non-hydrogen) atoms. The Kier molecular flexibility index (Phi) is 3.20. The van der Waals surface area contributed by atoms with Gasteiger partial charge in [0.1, 0.15) is 11.2 Å². The van der Waals surface area contributed by atoms with Crippen molar-refractivity contribution in [2.45, 2.75) is 27.2 Å². The highest BCUT2D eigenvalue weighted by atomic mass is 15.0. The van der Waals surface area contributed by atoms with E-state index in [1.165, 1.54) is 5.56 Å². The van der Waals surface area contributed by atoms with Crippen molar-refractivity contribution in [1.82, 2.24) is 24.5 Å². The van der Waals surface area contributed by atoms with Crippen LogP contribution in [0.3, 0.4) is 0 Å². The minimum Gasteiger partial charge on any atom is -0.345 e. The van der Waals surface area contributed by atoms with Gasteiger partial charge in [-0.3, -0.25) is 0 Å². The van der Waals surface area contributed by atoms with Crippen LogP contribution >= 0.6 is 0 Å². The fourth-order valence-electron chi connectivity index (χ4n) is 3.20. The van der Waals surface area contributed by atoms with Gasteiger partial charge in [-0.15, -0.1) is 0 Å². The van der Waals surface area contributed by atoms with Crippen molar-refractivity contribution in [3.63, 3.8) is 0 Å². The molecule has 4 rings (SSSR count). The number of hydrogen-bond acceptors (Lipinski definition) is 3. The first-order valence-electron chi connectivity index (χ1n) is 8.16. The van der Waals surface area contributed by atoms with E-state index in [0.717, 1.165) is 39.9 Å². The predicted molar refractivity (Wildman–Crippen MR) is 96.8 cm³/mol. The molecule has 0 amide bonds. The smallest absolute Gasteiger partial charge is 0.156 e. The van der Waals surface area contributed by atoms with Crippen LogP contribution < -0.4 is 0 Å². The Morgan fingerprint density at radius 2 is 2.04 bits per heavy atom. The fraction of sp³-hybridized carbons (Fsp3) is 0.316. The van der Waals surface area contributed by atoms with Gasteiger partial charge in [-0.1, -0.05) is 20.8 Å². The van der Waals surface area contributed by atoms with Crippen LogP contribution in [0, 0.1) is 5.41 Å². The van der Waals surface area contributed by atoms with Crippen molar-refractivity contribution in [1.29, 1.82) is 0 Å². The first kappa shape index (κ1) is 14.9. The largest absolute Gasteiger partial charge is 0.345 e. The molecule has 0 bridgehead atoms. The molecule has 0 unspecified atom stereocenters. The summed E-state index contributed by atoms with van der Waals surface area (Å²) >= 11 is 0. The van der Waals surface area contributed by atoms with Gasteiger partial charge in [0.25, 0.3) is 0 Å². The molecular weight excluding hydrogens is 298 g/mol. The Hall–Kier alpha value is -2.69. The monoisotopic (exact) mass is 319 g/mol. The van der Waals surface area contributed by atoms with Gasteiger partial charge in [-0.05, 0) is 29.5 Å². The maximum atomic E-state index is 4.92. The van der Waals surface area contributed by atoms with Gasteiger partial charge < -0.3 is 9.55 Å². The number of pyridine rings is 1. The average Bonchev–Trinajstić information content (AvgIpc) is 3.08. The van der Waals surface area contributed by atoms with Gasteiger partial charge >= 0.3 is 0 Å². The summed E-state index contributed by atoms with van der Waals surface area (Å²) in [7, 11) is 2.01. The van der Waals surface area contributed by atoms with Crippen LogP contribution in [0.25, 0.3) is 33.5 Å². The number of nitrogens with zero attached hydrogens (tertiary/aromatic N) is 4. The van der Waals surface area contributed by atoms with Crippen molar-refractivity contribution >= 4 is 22.2 Å². The molecule has 1 N–H and O–H groups in total. The number of rotatable bonds is 2. The Balaban J connectivity index is 1.89. The van der Waals surface area contributed by atoms with Crippen molar-refractivity contribution in [2.24, 2.45) is 12.5 Å². The Morgan fingerprint density at radius 3 is 2.83 bits per heavy atom. The molecule has 0 spiro atoms. The summed E-state index contributed by atoms with van der Waals surface area (Å²) in [4.78, 5) is 17.2. The third kappa shape index (κ3) is 2.46. The van der Waals surface area contributed by atoms with Crippen molar-refractivity contribution < 1.29 is 0 Å². The minimum absolute atomic E-state index is 0.205. The van der Waals surface area contributed by atoms with E-state index in [2.05, 4.69) is 48.0 Å². The summed E-state index contributed by atoms with van der Waals surface area (Å²) in [5.41, 5.74) is 6.13. The van der Waals surface area contributed by atoms with E-state index in [0.29, 0.717) is 0 Å². The van der Waals surface area contributed by atoms with E-state index >= 15 is 0 Å². The maximum absolute atomic E-state index is 4.92. The van der Waals surface area contributed by atoms with Gasteiger partial charge in [-0.2, -0.15) is 0 Å². The molecule has 0 saturated carbocycles. The molecule has 0 aromatic carbocycles. The lowest BCUT2D eigenvalue weighted by Crippen LogP contribution is -2.08. The number of nitrogens with one attached hydrogen (secondary N) is 1. The lowest BCUT2D eigenvalue weighted by Gasteiger charge is -2.16. The summed E-state index contributed by atoms with van der Waals surface area (Å²) in [6, 6.07) is 4.04. The Bertz CT molecular complexity index is 1030. The molecule has 0 aliphatic heterocycles. The van der Waals surface area contributed by atoms with E-state index in [-0.39, 0.29) is 5.41 Å². The number of aromatic nitrogens is 5. The van der Waals surface area contributed by atoms with E-state index in [9.17, 15) is 0 Å². The van der Waals surface area contributed by atoms with E-state index < -0.39 is 0 Å². The summed E-state index contributed by atoms with van der Waals surface area (Å²) in [5.74, 6) is 0. The summed E-state index contributed by atoms with van der Waals surface area (Å²) in [6.45, 7) is 6.71. The molecule has 0 fully saturated rings. The standard InChI is InChI=1S/C19H21N5/c1-19(2,3)8-12-9-21-17-16(12)23-15(10-22-17)14-11-24(4)18-13(14)6-5-7-20-18/h5-7,9-11H,8H2,1-4H3,(H,21,22). The molecule has 0 atom stereocenters. The third-order valence-electron chi connectivity index (χ3n) is 4.19. The minimum atomic E-state index is 0.205. The molecule has 5 heteroatoms. The highest BCUT2D eigenvalue weighted by molar-refractivity contribution is 5.93. The maximum Gasteiger partial charge on any atom is 0.156 e. The number of hydrogen-bond donors (Lipinski definition) is 1. The Labute approximate surface area is 140 Å². The van der Waals surface area contributed by atoms with Gasteiger partial charge in [-0.25, -0.2) is 15.0 Å². The normalized spacial score (nSPS) is 12.3. The first-order valence-corrected chi connectivity index (χ1v) is 8.16. The summed E-state index contributed by atoms with van der Waals surface area (Å²) < 4.78 is 2.03. The van der Waals surface area contributed by atoms with Crippen LogP contribution in [0.2, 0.25) is 0 Å². The quantitative estimate of drug-likeness (QED) is 0.605. The van der Waals surface area contributed by atoms with Crippen LogP contribution in [0.5, 0.6) is 0 Å². The lowest BCUT2D eigenvalue weighted by atomic mass is 9.89. The van der Waals surface area contributed by atoms with Crippen LogP contribution in [0.4, 0.5) is 0 Å². The zero-order valence-electron chi connectivity index (χ0n) is 14.5. The van der Waals surface area contributed by atoms with Crippen LogP contribution in [-0.4, -0.2) is 24.5 Å². The second-order valence-electron chi connectivity index (χ2n) is 7.53. The zero-order valence-corrected chi connectivity index (χ0v) is 14.5. The number of aromatic amines is 1. The van der Waals surface area contributed by atoms with Crippen molar-refractivity contribution in [3.05, 3.63) is 42.5 Å². The van der Waals surface area contributed by atoms with Gasteiger partial charge in [0, 0.05) is 36.6 Å². The number of aryl methyl sites for hydroxylation is 1. The number of H-pyrrole nitrogens is 1. The van der Waals surface area contributed by atoms with E-state index in [1.807, 2.05) is 36.3 Å². The Morgan fingerprint density at radius 1 is 1.21 bits per heavy atom. The summed E-state index contributed by atoms with van der Waals surface area (Å²) in [5, 5.41) is 1.10. The highest BCUT2D eigenvalue weighted by Crippen LogP contribution is 2.30. The molecule has 0 aliphatic rings. The zero-order chi connectivity index (χ0) is 16.9. The highest BCUT2D eigenvalue weighted by Gasteiger charge is 2.17. The molecule has 0 saturated heterocycles. The topological polar surface area (TPSA) is 59.4 Å². The second-order valence-corrected chi connectivity index (χ2v) is 7.53. The second kappa shape index (κ2) is 5.16. The van der Waals surface area contributed by atoms with Crippen LogP contribution in [0.15, 0.2) is 36.9 Å². The fourth-order valence-corrected chi connectivity index (χ4v) is 3.20. The molecule has 4 heterocycles. The van der Waals surface area contributed by atoms with Crippen LogP contribution in [0.1, 0.15) is 26.3 Å². The average molecular weight is 319 g/mol. The lowest BCUT2D eigenvalue weighted by molar-refractivity contribution is 0.412. The van der Waals surface area contributed by atoms with E-state index in [4.69, 9.17) is 4.98 Å². The predicted octanol–water partition coefficient (Wildman–Crippen LogP) is 4.10. The molecule has 0 radical (unpaired) electrons. The summed E-state index contributed by atoms with van der Waals surface area (Å²) in [6.07, 6.45) is 8.71. The van der Waals surface area contributed by atoms with Crippen LogP contribution in [-0.2, 0) is 13.5 Å². The van der Waals surface area contributed by atoms with Crippen molar-refractivity contribution in [3.8, 4) is 11.3 Å². The van der Waals surface area contributed by atoms with Crippen molar-refractivity contribution in [2.75, 3.05) is 0 Å². The molecule has 4 aromatic rings. The molecular formula is C19H21N5.